The van der Waals surface area contributed by atoms with Crippen LogP contribution in [0.1, 0.15) is 26.3 Å². The molecule has 3 amide bonds. The van der Waals surface area contributed by atoms with Crippen molar-refractivity contribution >= 4 is 24.0 Å². The van der Waals surface area contributed by atoms with Gasteiger partial charge in [0.1, 0.15) is 0 Å². The Bertz CT molecular complexity index is 672. The molecule has 8 heteroatoms. The average Bonchev–Trinajstić information content (AvgIpc) is 2.60. The molecule has 8 nitrogen and oxygen atoms in total. The van der Waals surface area contributed by atoms with Crippen LogP contribution in [0.5, 0.6) is 11.5 Å². The van der Waals surface area contributed by atoms with E-state index in [-0.39, 0.29) is 0 Å². The maximum atomic E-state index is 11.8. The number of esters is 1. The molecule has 0 heterocycles. The number of carbonyl (C=O) groups is 3. The molecule has 0 fully saturated rings. The van der Waals surface area contributed by atoms with Gasteiger partial charge >= 0.3 is 12.0 Å². The Labute approximate surface area is 152 Å². The Hall–Kier alpha value is -3.03. The number of carbonyl (C=O) groups excluding carboxylic acids is 3. The summed E-state index contributed by atoms with van der Waals surface area (Å²) in [5.74, 6) is -0.631. The second-order valence-corrected chi connectivity index (χ2v) is 5.18. The van der Waals surface area contributed by atoms with E-state index < -0.39 is 30.6 Å². The van der Waals surface area contributed by atoms with Crippen LogP contribution in [-0.4, -0.2) is 44.3 Å². The standard InChI is InChI=1S/C18H24N2O6/c1-5-7-13-8-9-14(15(10-13)24-4)25-11-16(21)26-12(3)17(22)20-18(23)19-6-2/h5,7-10,12H,6,11H2,1-4H3,(H2,19,20,22,23)/b7-5+/t12-/m1/s1. The van der Waals surface area contributed by atoms with Crippen molar-refractivity contribution in [1.82, 2.24) is 10.6 Å². The van der Waals surface area contributed by atoms with Gasteiger partial charge in [-0.25, -0.2) is 9.59 Å². The van der Waals surface area contributed by atoms with E-state index in [4.69, 9.17) is 14.2 Å². The molecular formula is C18H24N2O6. The number of ether oxygens (including phenoxy) is 3. The highest BCUT2D eigenvalue weighted by Crippen LogP contribution is 2.28. The monoisotopic (exact) mass is 364 g/mol. The Morgan fingerprint density at radius 3 is 2.58 bits per heavy atom. The molecule has 0 radical (unpaired) electrons. The summed E-state index contributed by atoms with van der Waals surface area (Å²) in [7, 11) is 1.49. The van der Waals surface area contributed by atoms with Gasteiger partial charge in [0.2, 0.25) is 0 Å². The van der Waals surface area contributed by atoms with Crippen LogP contribution in [0.2, 0.25) is 0 Å². The number of allylic oxidation sites excluding steroid dienone is 1. The van der Waals surface area contributed by atoms with Gasteiger partial charge in [-0.05, 0) is 38.5 Å². The molecule has 0 aliphatic heterocycles. The van der Waals surface area contributed by atoms with Gasteiger partial charge in [0.05, 0.1) is 7.11 Å². The van der Waals surface area contributed by atoms with Gasteiger partial charge in [-0.2, -0.15) is 0 Å². The zero-order chi connectivity index (χ0) is 19.5. The van der Waals surface area contributed by atoms with Gasteiger partial charge in [0.25, 0.3) is 5.91 Å². The Balaban J connectivity index is 2.56. The molecule has 0 aromatic heterocycles. The molecule has 0 aliphatic carbocycles. The average molecular weight is 364 g/mol. The Morgan fingerprint density at radius 1 is 1.23 bits per heavy atom. The molecule has 0 aliphatic rings. The zero-order valence-electron chi connectivity index (χ0n) is 15.3. The van der Waals surface area contributed by atoms with Crippen LogP contribution in [0.25, 0.3) is 6.08 Å². The van der Waals surface area contributed by atoms with E-state index in [2.05, 4.69) is 10.6 Å². The van der Waals surface area contributed by atoms with Gasteiger partial charge in [-0.1, -0.05) is 18.2 Å². The summed E-state index contributed by atoms with van der Waals surface area (Å²) in [5, 5.41) is 4.47. The Morgan fingerprint density at radius 2 is 1.96 bits per heavy atom. The lowest BCUT2D eigenvalue weighted by Gasteiger charge is -2.14. The number of hydrogen-bond acceptors (Lipinski definition) is 6. The molecule has 0 unspecified atom stereocenters. The third kappa shape index (κ3) is 6.84. The van der Waals surface area contributed by atoms with E-state index in [0.29, 0.717) is 18.0 Å². The topological polar surface area (TPSA) is 103 Å². The quantitative estimate of drug-likeness (QED) is 0.683. The first-order valence-corrected chi connectivity index (χ1v) is 8.13. The molecule has 0 spiro atoms. The molecule has 0 saturated carbocycles. The molecule has 1 aromatic rings. The highest BCUT2D eigenvalue weighted by Gasteiger charge is 2.20. The maximum absolute atomic E-state index is 11.8. The minimum atomic E-state index is -1.13. The molecule has 0 bridgehead atoms. The minimum absolute atomic E-state index is 0.371. The fourth-order valence-electron chi connectivity index (χ4n) is 1.94. The van der Waals surface area contributed by atoms with Gasteiger partial charge in [-0.15, -0.1) is 0 Å². The molecule has 2 N–H and O–H groups in total. The number of nitrogens with one attached hydrogen (secondary N) is 2. The number of benzene rings is 1. The third-order valence-corrected chi connectivity index (χ3v) is 3.14. The highest BCUT2D eigenvalue weighted by molar-refractivity contribution is 5.97. The lowest BCUT2D eigenvalue weighted by Crippen LogP contribution is -2.44. The predicted octanol–water partition coefficient (Wildman–Crippen LogP) is 1.88. The number of rotatable bonds is 8. The zero-order valence-corrected chi connectivity index (χ0v) is 15.3. The van der Waals surface area contributed by atoms with E-state index in [0.717, 1.165) is 5.56 Å². The van der Waals surface area contributed by atoms with Crippen molar-refractivity contribution < 1.29 is 28.6 Å². The van der Waals surface area contributed by atoms with E-state index in [1.807, 2.05) is 25.1 Å². The van der Waals surface area contributed by atoms with Crippen LogP contribution in [0, 0.1) is 0 Å². The van der Waals surface area contributed by atoms with Crippen LogP contribution >= 0.6 is 0 Å². The summed E-state index contributed by atoms with van der Waals surface area (Å²) in [6, 6.07) is 4.60. The first kappa shape index (κ1) is 21.0. The molecule has 1 atom stereocenters. The van der Waals surface area contributed by atoms with Crippen LogP contribution in [0.15, 0.2) is 24.3 Å². The number of imide groups is 1. The number of hydrogen-bond donors (Lipinski definition) is 2. The minimum Gasteiger partial charge on any atom is -0.493 e. The fourth-order valence-corrected chi connectivity index (χ4v) is 1.94. The first-order chi connectivity index (χ1) is 12.4. The van der Waals surface area contributed by atoms with Gasteiger partial charge in [-0.3, -0.25) is 10.1 Å². The lowest BCUT2D eigenvalue weighted by atomic mass is 10.2. The second kappa shape index (κ2) is 10.8. The smallest absolute Gasteiger partial charge is 0.344 e. The molecule has 26 heavy (non-hydrogen) atoms. The summed E-state index contributed by atoms with van der Waals surface area (Å²) in [5.41, 5.74) is 0.926. The number of urea groups is 1. The van der Waals surface area contributed by atoms with Crippen molar-refractivity contribution in [3.8, 4) is 11.5 Å². The van der Waals surface area contributed by atoms with Crippen LogP contribution in [0.4, 0.5) is 4.79 Å². The van der Waals surface area contributed by atoms with Crippen molar-refractivity contribution in [3.63, 3.8) is 0 Å². The molecular weight excluding hydrogens is 340 g/mol. The number of amides is 3. The van der Waals surface area contributed by atoms with Crippen molar-refractivity contribution in [1.29, 1.82) is 0 Å². The van der Waals surface area contributed by atoms with Crippen molar-refractivity contribution in [2.75, 3.05) is 20.3 Å². The summed E-state index contributed by atoms with van der Waals surface area (Å²) in [4.78, 5) is 34.8. The van der Waals surface area contributed by atoms with Gasteiger partial charge in [0, 0.05) is 6.54 Å². The van der Waals surface area contributed by atoms with Crippen LogP contribution in [-0.2, 0) is 14.3 Å². The van der Waals surface area contributed by atoms with Crippen LogP contribution in [0.3, 0.4) is 0 Å². The van der Waals surface area contributed by atoms with Crippen molar-refractivity contribution in [3.05, 3.63) is 29.8 Å². The largest absolute Gasteiger partial charge is 0.493 e. The second-order valence-electron chi connectivity index (χ2n) is 5.18. The molecule has 0 saturated heterocycles. The van der Waals surface area contributed by atoms with E-state index in [1.165, 1.54) is 14.0 Å². The SMILES string of the molecule is C/C=C/c1ccc(OCC(=O)O[C@H](C)C(=O)NC(=O)NCC)c(OC)c1. The van der Waals surface area contributed by atoms with E-state index in [9.17, 15) is 14.4 Å². The van der Waals surface area contributed by atoms with Gasteiger partial charge < -0.3 is 19.5 Å². The van der Waals surface area contributed by atoms with Gasteiger partial charge in [0.15, 0.2) is 24.2 Å². The first-order valence-electron chi connectivity index (χ1n) is 8.13. The van der Waals surface area contributed by atoms with Crippen molar-refractivity contribution in [2.45, 2.75) is 26.9 Å². The molecule has 142 valence electrons. The summed E-state index contributed by atoms with van der Waals surface area (Å²) < 4.78 is 15.6. The predicted molar refractivity (Wildman–Crippen MR) is 96.0 cm³/mol. The molecule has 1 aromatic carbocycles. The summed E-state index contributed by atoms with van der Waals surface area (Å²) in [6.07, 6.45) is 2.66. The van der Waals surface area contributed by atoms with E-state index >= 15 is 0 Å². The summed E-state index contributed by atoms with van der Waals surface area (Å²) >= 11 is 0. The maximum Gasteiger partial charge on any atom is 0.344 e. The summed E-state index contributed by atoms with van der Waals surface area (Å²) in [6.45, 7) is 4.94. The molecule has 1 rings (SSSR count). The fraction of sp³-hybridized carbons (Fsp3) is 0.389. The highest BCUT2D eigenvalue weighted by atomic mass is 16.6. The van der Waals surface area contributed by atoms with Crippen LogP contribution < -0.4 is 20.1 Å². The Kier molecular flexibility index (Phi) is 8.69. The van der Waals surface area contributed by atoms with Crippen molar-refractivity contribution in [2.24, 2.45) is 0 Å². The third-order valence-electron chi connectivity index (χ3n) is 3.14. The lowest BCUT2D eigenvalue weighted by molar-refractivity contribution is -0.156. The van der Waals surface area contributed by atoms with E-state index in [1.54, 1.807) is 19.1 Å². The number of methoxy groups -OCH3 is 1. The normalized spacial score (nSPS) is 11.5.